The van der Waals surface area contributed by atoms with Crippen molar-refractivity contribution in [1.82, 2.24) is 15.0 Å². The highest BCUT2D eigenvalue weighted by molar-refractivity contribution is 7.90. The third-order valence-electron chi connectivity index (χ3n) is 5.27. The maximum Gasteiger partial charge on any atom is 0.227 e. The van der Waals surface area contributed by atoms with Gasteiger partial charge in [0.25, 0.3) is 0 Å². The van der Waals surface area contributed by atoms with Gasteiger partial charge in [-0.2, -0.15) is 4.98 Å². The number of piperazine rings is 1. The number of hydrogen-bond acceptors (Lipinski definition) is 8. The van der Waals surface area contributed by atoms with Crippen molar-refractivity contribution in [3.8, 4) is 0 Å². The van der Waals surface area contributed by atoms with E-state index in [1.165, 1.54) is 19.1 Å². The zero-order valence-corrected chi connectivity index (χ0v) is 17.2. The number of rotatable bonds is 4. The first-order valence-corrected chi connectivity index (χ1v) is 11.6. The third kappa shape index (κ3) is 3.89. The highest BCUT2D eigenvalue weighted by Gasteiger charge is 2.25. The number of nitrogens with zero attached hydrogens (tertiary/aromatic N) is 6. The fourth-order valence-corrected chi connectivity index (χ4v) is 4.65. The highest BCUT2D eigenvalue weighted by atomic mass is 32.2. The van der Waals surface area contributed by atoms with E-state index >= 15 is 0 Å². The van der Waals surface area contributed by atoms with Gasteiger partial charge in [0, 0.05) is 63.5 Å². The summed E-state index contributed by atoms with van der Waals surface area (Å²) in [4.78, 5) is 20.6. The first kappa shape index (κ1) is 18.9. The molecule has 0 aromatic carbocycles. The molecule has 28 heavy (non-hydrogen) atoms. The number of anilines is 3. The summed E-state index contributed by atoms with van der Waals surface area (Å²) >= 11 is 0. The van der Waals surface area contributed by atoms with E-state index in [2.05, 4.69) is 25.8 Å². The van der Waals surface area contributed by atoms with Crippen molar-refractivity contribution in [3.63, 3.8) is 0 Å². The Labute approximate surface area is 166 Å². The Balaban J connectivity index is 1.51. The first-order chi connectivity index (χ1) is 13.4. The molecule has 0 N–H and O–H groups in total. The van der Waals surface area contributed by atoms with Crippen LogP contribution >= 0.6 is 0 Å². The lowest BCUT2D eigenvalue weighted by Gasteiger charge is -2.36. The van der Waals surface area contributed by atoms with E-state index in [9.17, 15) is 8.42 Å². The van der Waals surface area contributed by atoms with Crippen LogP contribution in [-0.4, -0.2) is 68.9 Å². The molecular weight excluding hydrogens is 376 g/mol. The second-order valence-corrected chi connectivity index (χ2v) is 9.42. The summed E-state index contributed by atoms with van der Waals surface area (Å²) < 4.78 is 24.2. The molecule has 0 spiro atoms. The molecular formula is C19H26N6O2S. The van der Waals surface area contributed by atoms with Gasteiger partial charge in [0.05, 0.1) is 0 Å². The molecule has 150 valence electrons. The molecule has 2 aliphatic rings. The molecule has 0 radical (unpaired) electrons. The van der Waals surface area contributed by atoms with Gasteiger partial charge >= 0.3 is 0 Å². The molecule has 2 aliphatic heterocycles. The number of aryl methyl sites for hydroxylation is 1. The third-order valence-corrected chi connectivity index (χ3v) is 6.39. The summed E-state index contributed by atoms with van der Waals surface area (Å²) in [5.41, 5.74) is 0.971. The molecule has 4 heterocycles. The lowest BCUT2D eigenvalue weighted by molar-refractivity contribution is 0.597. The van der Waals surface area contributed by atoms with Gasteiger partial charge in [-0.3, -0.25) is 0 Å². The highest BCUT2D eigenvalue weighted by Crippen LogP contribution is 2.25. The largest absolute Gasteiger partial charge is 0.356 e. The number of hydrogen-bond donors (Lipinski definition) is 0. The Kier molecular flexibility index (Phi) is 5.09. The molecule has 0 atom stereocenters. The standard InChI is InChI=1S/C19H26N6O2S/c1-15-14-17(23-8-3-4-9-23)22-19(21-15)25-12-10-24(11-13-25)18-16(28(2,26)27)6-5-7-20-18/h5-7,14H,3-4,8-13H2,1-2H3. The van der Waals surface area contributed by atoms with Crippen molar-refractivity contribution >= 4 is 27.4 Å². The SMILES string of the molecule is Cc1cc(N2CCCC2)nc(N2CCN(c3ncccc3S(C)(=O)=O)CC2)n1. The Hall–Kier alpha value is -2.42. The zero-order valence-electron chi connectivity index (χ0n) is 16.4. The van der Waals surface area contributed by atoms with Gasteiger partial charge in [-0.05, 0) is 31.9 Å². The second kappa shape index (κ2) is 7.54. The van der Waals surface area contributed by atoms with Crippen LogP contribution < -0.4 is 14.7 Å². The van der Waals surface area contributed by atoms with Gasteiger partial charge in [-0.25, -0.2) is 18.4 Å². The van der Waals surface area contributed by atoms with Gasteiger partial charge in [-0.15, -0.1) is 0 Å². The molecule has 2 aromatic heterocycles. The summed E-state index contributed by atoms with van der Waals surface area (Å²) in [5.74, 6) is 2.30. The summed E-state index contributed by atoms with van der Waals surface area (Å²) in [6.07, 6.45) is 5.29. The maximum atomic E-state index is 12.1. The Morgan fingerprint density at radius 1 is 0.929 bits per heavy atom. The van der Waals surface area contributed by atoms with Crippen molar-refractivity contribution < 1.29 is 8.42 Å². The van der Waals surface area contributed by atoms with Gasteiger partial charge in [0.1, 0.15) is 16.5 Å². The fourth-order valence-electron chi connectivity index (χ4n) is 3.81. The Morgan fingerprint density at radius 2 is 1.61 bits per heavy atom. The van der Waals surface area contributed by atoms with E-state index in [1.54, 1.807) is 18.3 Å². The van der Waals surface area contributed by atoms with Gasteiger partial charge in [-0.1, -0.05) is 0 Å². The Bertz CT molecular complexity index is 951. The van der Waals surface area contributed by atoms with Crippen LogP contribution in [0.5, 0.6) is 0 Å². The van der Waals surface area contributed by atoms with Crippen LogP contribution in [0, 0.1) is 6.92 Å². The smallest absolute Gasteiger partial charge is 0.227 e. The molecule has 0 bridgehead atoms. The van der Waals surface area contributed by atoms with Crippen LogP contribution in [0.2, 0.25) is 0 Å². The van der Waals surface area contributed by atoms with E-state index in [0.29, 0.717) is 18.9 Å². The lowest BCUT2D eigenvalue weighted by atomic mass is 10.3. The minimum Gasteiger partial charge on any atom is -0.356 e. The van der Waals surface area contributed by atoms with Crippen molar-refractivity contribution in [3.05, 3.63) is 30.1 Å². The summed E-state index contributed by atoms with van der Waals surface area (Å²) in [7, 11) is -3.32. The molecule has 4 rings (SSSR count). The normalized spacial score (nSPS) is 18.0. The van der Waals surface area contributed by atoms with Gasteiger partial charge in [0.15, 0.2) is 9.84 Å². The molecule has 0 unspecified atom stereocenters. The molecule has 2 saturated heterocycles. The van der Waals surface area contributed by atoms with E-state index in [4.69, 9.17) is 4.98 Å². The van der Waals surface area contributed by atoms with Gasteiger partial charge in [0.2, 0.25) is 5.95 Å². The molecule has 9 heteroatoms. The predicted molar refractivity (Wildman–Crippen MR) is 110 cm³/mol. The number of sulfone groups is 1. The van der Waals surface area contributed by atoms with E-state index < -0.39 is 9.84 Å². The molecule has 0 amide bonds. The summed E-state index contributed by atoms with van der Waals surface area (Å²) in [5, 5.41) is 0. The molecule has 2 fully saturated rings. The van der Waals surface area contributed by atoms with E-state index in [0.717, 1.165) is 43.6 Å². The van der Waals surface area contributed by atoms with E-state index in [1.807, 2.05) is 11.8 Å². The van der Waals surface area contributed by atoms with Crippen LogP contribution in [-0.2, 0) is 9.84 Å². The average Bonchev–Trinajstić information content (AvgIpc) is 3.22. The second-order valence-electron chi connectivity index (χ2n) is 7.43. The van der Waals surface area contributed by atoms with Gasteiger partial charge < -0.3 is 14.7 Å². The predicted octanol–water partition coefficient (Wildman–Crippen LogP) is 1.51. The zero-order chi connectivity index (χ0) is 19.7. The molecule has 0 saturated carbocycles. The van der Waals surface area contributed by atoms with Crippen LogP contribution in [0.4, 0.5) is 17.6 Å². The summed E-state index contributed by atoms with van der Waals surface area (Å²) in [6.45, 7) is 6.92. The quantitative estimate of drug-likeness (QED) is 0.761. The monoisotopic (exact) mass is 402 g/mol. The van der Waals surface area contributed by atoms with Crippen molar-refractivity contribution in [2.24, 2.45) is 0 Å². The van der Waals surface area contributed by atoms with Crippen molar-refractivity contribution in [1.29, 1.82) is 0 Å². The molecule has 2 aromatic rings. The minimum absolute atomic E-state index is 0.284. The lowest BCUT2D eigenvalue weighted by Crippen LogP contribution is -2.48. The van der Waals surface area contributed by atoms with E-state index in [-0.39, 0.29) is 4.90 Å². The Morgan fingerprint density at radius 3 is 2.29 bits per heavy atom. The summed E-state index contributed by atoms with van der Waals surface area (Å²) in [6, 6.07) is 5.34. The number of pyridine rings is 1. The fraction of sp³-hybridized carbons (Fsp3) is 0.526. The molecule has 8 nitrogen and oxygen atoms in total. The van der Waals surface area contributed by atoms with Crippen LogP contribution in [0.15, 0.2) is 29.3 Å². The maximum absolute atomic E-state index is 12.1. The minimum atomic E-state index is -3.32. The van der Waals surface area contributed by atoms with Crippen LogP contribution in [0.1, 0.15) is 18.5 Å². The number of aromatic nitrogens is 3. The molecule has 0 aliphatic carbocycles. The average molecular weight is 403 g/mol. The first-order valence-electron chi connectivity index (χ1n) is 9.67. The topological polar surface area (TPSA) is 82.5 Å². The van der Waals surface area contributed by atoms with Crippen LogP contribution in [0.3, 0.4) is 0 Å². The van der Waals surface area contributed by atoms with Crippen molar-refractivity contribution in [2.75, 3.05) is 60.2 Å². The van der Waals surface area contributed by atoms with Crippen LogP contribution in [0.25, 0.3) is 0 Å². The van der Waals surface area contributed by atoms with Crippen molar-refractivity contribution in [2.45, 2.75) is 24.7 Å².